The van der Waals surface area contributed by atoms with Crippen LogP contribution in [0.3, 0.4) is 0 Å². The number of rotatable bonds is 4. The minimum absolute atomic E-state index is 0.0192. The van der Waals surface area contributed by atoms with Crippen molar-refractivity contribution in [1.82, 2.24) is 9.29 Å². The van der Waals surface area contributed by atoms with Crippen LogP contribution in [0.25, 0.3) is 10.2 Å². The van der Waals surface area contributed by atoms with Crippen LogP contribution in [0.15, 0.2) is 34.5 Å². The van der Waals surface area contributed by atoms with Crippen LogP contribution in [0.4, 0.5) is 0 Å². The van der Waals surface area contributed by atoms with E-state index in [9.17, 15) is 8.42 Å². The maximum Gasteiger partial charge on any atom is 0.274 e. The summed E-state index contributed by atoms with van der Waals surface area (Å²) in [5, 5.41) is 0.653. The molecule has 26 heavy (non-hydrogen) atoms. The summed E-state index contributed by atoms with van der Waals surface area (Å²) in [7, 11) is -3.46. The fourth-order valence-electron chi connectivity index (χ4n) is 3.01. The number of aryl methyl sites for hydroxylation is 1. The molecule has 1 aliphatic rings. The third-order valence-electron chi connectivity index (χ3n) is 4.41. The number of halogens is 1. The number of ether oxygens (including phenoxy) is 1. The lowest BCUT2D eigenvalue weighted by atomic mass is 10.1. The second-order valence-corrected chi connectivity index (χ2v) is 11.1. The van der Waals surface area contributed by atoms with Gasteiger partial charge in [0, 0.05) is 13.1 Å². The van der Waals surface area contributed by atoms with Crippen molar-refractivity contribution in [2.75, 3.05) is 13.1 Å². The van der Waals surface area contributed by atoms with Crippen LogP contribution in [0, 0.1) is 6.92 Å². The van der Waals surface area contributed by atoms with Gasteiger partial charge in [-0.25, -0.2) is 13.4 Å². The Balaban J connectivity index is 1.42. The van der Waals surface area contributed by atoms with Crippen LogP contribution in [0.2, 0.25) is 4.34 Å². The van der Waals surface area contributed by atoms with E-state index in [-0.39, 0.29) is 6.10 Å². The van der Waals surface area contributed by atoms with Gasteiger partial charge in [0.15, 0.2) is 0 Å². The first kappa shape index (κ1) is 18.2. The highest BCUT2D eigenvalue weighted by molar-refractivity contribution is 7.91. The Morgan fingerprint density at radius 2 is 1.96 bits per heavy atom. The highest BCUT2D eigenvalue weighted by atomic mass is 35.5. The van der Waals surface area contributed by atoms with Crippen molar-refractivity contribution in [2.45, 2.75) is 30.1 Å². The summed E-state index contributed by atoms with van der Waals surface area (Å²) in [6.07, 6.45) is 1.27. The smallest absolute Gasteiger partial charge is 0.274 e. The van der Waals surface area contributed by atoms with E-state index in [0.29, 0.717) is 39.7 Å². The number of sulfonamides is 1. The molecule has 0 saturated carbocycles. The molecule has 2 aromatic heterocycles. The molecule has 0 spiro atoms. The first-order valence-corrected chi connectivity index (χ1v) is 11.7. The molecule has 9 heteroatoms. The van der Waals surface area contributed by atoms with Crippen molar-refractivity contribution in [2.24, 2.45) is 0 Å². The minimum Gasteiger partial charge on any atom is -0.467 e. The number of hydrogen-bond acceptors (Lipinski definition) is 6. The highest BCUT2D eigenvalue weighted by Gasteiger charge is 2.31. The van der Waals surface area contributed by atoms with Gasteiger partial charge in [0.05, 0.1) is 14.6 Å². The van der Waals surface area contributed by atoms with Crippen LogP contribution < -0.4 is 4.74 Å². The van der Waals surface area contributed by atoms with E-state index >= 15 is 0 Å². The monoisotopic (exact) mass is 428 g/mol. The molecule has 1 fully saturated rings. The molecule has 0 atom stereocenters. The van der Waals surface area contributed by atoms with Crippen molar-refractivity contribution in [1.29, 1.82) is 0 Å². The van der Waals surface area contributed by atoms with Gasteiger partial charge in [-0.05, 0) is 43.5 Å². The normalized spacial score (nSPS) is 17.0. The van der Waals surface area contributed by atoms with Crippen LogP contribution >= 0.6 is 34.3 Å². The maximum atomic E-state index is 12.6. The molecule has 0 bridgehead atoms. The zero-order chi connectivity index (χ0) is 18.3. The van der Waals surface area contributed by atoms with E-state index < -0.39 is 10.0 Å². The summed E-state index contributed by atoms with van der Waals surface area (Å²) in [6, 6.07) is 9.26. The predicted octanol–water partition coefficient (Wildman–Crippen LogP) is 4.55. The van der Waals surface area contributed by atoms with Crippen molar-refractivity contribution < 1.29 is 13.2 Å². The molecule has 3 heterocycles. The lowest BCUT2D eigenvalue weighted by molar-refractivity contribution is 0.135. The summed E-state index contributed by atoms with van der Waals surface area (Å²) in [6.45, 7) is 2.91. The zero-order valence-corrected chi connectivity index (χ0v) is 17.2. The largest absolute Gasteiger partial charge is 0.467 e. The topological polar surface area (TPSA) is 59.5 Å². The second kappa shape index (κ2) is 7.09. The fraction of sp³-hybridized carbons (Fsp3) is 0.353. The molecular weight excluding hydrogens is 412 g/mol. The third-order valence-corrected chi connectivity index (χ3v) is 8.92. The van der Waals surface area contributed by atoms with Crippen molar-refractivity contribution in [3.8, 4) is 5.19 Å². The number of aromatic nitrogens is 1. The zero-order valence-electron chi connectivity index (χ0n) is 14.0. The predicted molar refractivity (Wildman–Crippen MR) is 106 cm³/mol. The van der Waals surface area contributed by atoms with Gasteiger partial charge in [0.2, 0.25) is 0 Å². The summed E-state index contributed by atoms with van der Waals surface area (Å²) >= 11 is 8.50. The Morgan fingerprint density at radius 3 is 2.62 bits per heavy atom. The number of benzene rings is 1. The molecule has 138 valence electrons. The van der Waals surface area contributed by atoms with Crippen molar-refractivity contribution in [3.05, 3.63) is 40.2 Å². The van der Waals surface area contributed by atoms with Crippen LogP contribution in [0.1, 0.15) is 18.4 Å². The molecule has 0 unspecified atom stereocenters. The maximum absolute atomic E-state index is 12.6. The standard InChI is InChI=1S/C17H17ClN2O3S3/c1-11-3-2-4-13-16(11)19-17(24-13)23-12-7-9-20(10-8-12)26(21,22)15-6-5-14(18)25-15/h2-6,12H,7-10H2,1H3. The van der Waals surface area contributed by atoms with Gasteiger partial charge in [-0.15, -0.1) is 11.3 Å². The van der Waals surface area contributed by atoms with Crippen molar-refractivity contribution >= 4 is 54.5 Å². The van der Waals surface area contributed by atoms with Crippen LogP contribution in [-0.4, -0.2) is 36.9 Å². The summed E-state index contributed by atoms with van der Waals surface area (Å²) in [5.74, 6) is 0. The lowest BCUT2D eigenvalue weighted by Gasteiger charge is -2.30. The van der Waals surface area contributed by atoms with Gasteiger partial charge < -0.3 is 4.74 Å². The van der Waals surface area contributed by atoms with E-state index in [1.165, 1.54) is 15.6 Å². The SMILES string of the molecule is Cc1cccc2sc(OC3CCN(S(=O)(=O)c4ccc(Cl)s4)CC3)nc12. The number of piperidine rings is 1. The van der Waals surface area contributed by atoms with Gasteiger partial charge in [0.1, 0.15) is 10.3 Å². The average Bonchev–Trinajstić information content (AvgIpc) is 3.22. The summed E-state index contributed by atoms with van der Waals surface area (Å²) in [4.78, 5) is 4.58. The van der Waals surface area contributed by atoms with E-state index in [2.05, 4.69) is 4.98 Å². The van der Waals surface area contributed by atoms with E-state index in [4.69, 9.17) is 16.3 Å². The number of nitrogens with zero attached hydrogens (tertiary/aromatic N) is 2. The molecular formula is C17H17ClN2O3S3. The second-order valence-electron chi connectivity index (χ2n) is 6.18. The number of thiophene rings is 1. The Bertz CT molecular complexity index is 1040. The number of para-hydroxylation sites is 1. The van der Waals surface area contributed by atoms with Crippen molar-refractivity contribution in [3.63, 3.8) is 0 Å². The minimum atomic E-state index is -3.46. The lowest BCUT2D eigenvalue weighted by Crippen LogP contribution is -2.41. The van der Waals surface area contributed by atoms with Gasteiger partial charge in [-0.2, -0.15) is 4.31 Å². The molecule has 0 amide bonds. The molecule has 3 aromatic rings. The van der Waals surface area contributed by atoms with E-state index in [1.54, 1.807) is 12.1 Å². The molecule has 1 aromatic carbocycles. The first-order valence-electron chi connectivity index (χ1n) is 8.22. The van der Waals surface area contributed by atoms with Crippen LogP contribution in [0.5, 0.6) is 5.19 Å². The third kappa shape index (κ3) is 3.48. The summed E-state index contributed by atoms with van der Waals surface area (Å²) in [5.41, 5.74) is 2.10. The molecule has 0 radical (unpaired) electrons. The molecule has 4 rings (SSSR count). The Kier molecular flexibility index (Phi) is 4.96. The highest BCUT2D eigenvalue weighted by Crippen LogP contribution is 2.33. The van der Waals surface area contributed by atoms with Gasteiger partial charge in [-0.1, -0.05) is 35.1 Å². The quantitative estimate of drug-likeness (QED) is 0.611. The Labute approximate surface area is 165 Å². The number of thiazole rings is 1. The number of fused-ring (bicyclic) bond motifs is 1. The molecule has 5 nitrogen and oxygen atoms in total. The summed E-state index contributed by atoms with van der Waals surface area (Å²) < 4.78 is 34.7. The Morgan fingerprint density at radius 1 is 1.19 bits per heavy atom. The molecule has 0 N–H and O–H groups in total. The van der Waals surface area contributed by atoms with Gasteiger partial charge >= 0.3 is 0 Å². The van der Waals surface area contributed by atoms with Gasteiger partial charge in [0.25, 0.3) is 15.2 Å². The molecule has 0 aliphatic carbocycles. The molecule has 1 aliphatic heterocycles. The van der Waals surface area contributed by atoms with Gasteiger partial charge in [-0.3, -0.25) is 0 Å². The average molecular weight is 429 g/mol. The Hall–Kier alpha value is -1.19. The molecule has 1 saturated heterocycles. The van der Waals surface area contributed by atoms with E-state index in [0.717, 1.165) is 27.1 Å². The fourth-order valence-corrected chi connectivity index (χ4v) is 7.08. The van der Waals surface area contributed by atoms with E-state index in [1.807, 2.05) is 25.1 Å². The number of hydrogen-bond donors (Lipinski definition) is 0. The first-order chi connectivity index (χ1) is 12.4. The van der Waals surface area contributed by atoms with Crippen LogP contribution in [-0.2, 0) is 10.0 Å².